The number of hydrogen-bond acceptors (Lipinski definition) is 14. The van der Waals surface area contributed by atoms with Crippen LogP contribution in [-0.2, 0) is 56.6 Å². The lowest BCUT2D eigenvalue weighted by Crippen LogP contribution is -2.61. The molecule has 8 aliphatic heterocycles. The predicted molar refractivity (Wildman–Crippen MR) is 194 cm³/mol. The zero-order valence-corrected chi connectivity index (χ0v) is 33.4. The van der Waals surface area contributed by atoms with Gasteiger partial charge in [0.15, 0.2) is 23.8 Å². The van der Waals surface area contributed by atoms with Gasteiger partial charge in [0.1, 0.15) is 12.2 Å². The van der Waals surface area contributed by atoms with E-state index in [0.717, 1.165) is 0 Å². The summed E-state index contributed by atoms with van der Waals surface area (Å²) in [6, 6.07) is 0. The Morgan fingerprint density at radius 3 is 1.44 bits per heavy atom. The van der Waals surface area contributed by atoms with E-state index in [1.54, 1.807) is 0 Å². The number of carbonyl (C=O) groups is 2. The van der Waals surface area contributed by atoms with Crippen LogP contribution >= 0.6 is 0 Å². The van der Waals surface area contributed by atoms with Crippen molar-refractivity contribution < 1.29 is 66.8 Å². The summed E-state index contributed by atoms with van der Waals surface area (Å²) >= 11 is 0. The van der Waals surface area contributed by atoms with E-state index in [4.69, 9.17) is 47.0 Å². The largest absolute Gasteiger partial charge is 0.536 e. The monoisotopic (exact) mass is 775 g/mol. The number of aliphatic hydroxyl groups excluding tert-OH is 2. The Labute approximate surface area is 323 Å². The second-order valence-corrected chi connectivity index (χ2v) is 18.6. The molecular weight excluding hydrogens is 715 g/mol. The van der Waals surface area contributed by atoms with Gasteiger partial charge in [-0.2, -0.15) is 0 Å². The van der Waals surface area contributed by atoms with E-state index in [2.05, 4.69) is 0 Å². The van der Waals surface area contributed by atoms with Crippen molar-refractivity contribution in [3.8, 4) is 0 Å². The van der Waals surface area contributed by atoms with Gasteiger partial charge >= 0.3 is 18.9 Å². The zero-order chi connectivity index (χ0) is 39.3. The summed E-state index contributed by atoms with van der Waals surface area (Å²) in [6.45, 7) is 11.8. The number of esters is 2. The van der Waals surface area contributed by atoms with Crippen LogP contribution < -0.4 is 0 Å². The molecule has 55 heavy (non-hydrogen) atoms. The summed E-state index contributed by atoms with van der Waals surface area (Å²) in [5.41, 5.74) is -1.64. The van der Waals surface area contributed by atoms with Crippen LogP contribution in [0.4, 0.5) is 0 Å². The maximum absolute atomic E-state index is 14.6. The number of ether oxygens (including phenoxy) is 6. The molecule has 0 radical (unpaired) electrons. The molecule has 14 nitrogen and oxygen atoms in total. The van der Waals surface area contributed by atoms with Crippen LogP contribution in [0.3, 0.4) is 0 Å². The van der Waals surface area contributed by atoms with Gasteiger partial charge in [0, 0.05) is 35.5 Å². The molecule has 15 heteroatoms. The predicted octanol–water partition coefficient (Wildman–Crippen LogP) is 4.15. The maximum Gasteiger partial charge on any atom is 0.536 e. The summed E-state index contributed by atoms with van der Waals surface area (Å²) < 4.78 is 65.8. The zero-order valence-electron chi connectivity index (χ0n) is 33.4. The lowest BCUT2D eigenvalue weighted by Gasteiger charge is -2.52. The highest BCUT2D eigenvalue weighted by molar-refractivity contribution is 6.56. The number of rotatable bonds is 0. The van der Waals surface area contributed by atoms with Gasteiger partial charge in [0.05, 0.1) is 48.8 Å². The SMILES string of the molecule is C[C@@H]1CC[C@@H]2OC13O[B-]14OC3C(=O)OC3CC(/C=C/C[C@@H](O)C(C)(C)[C@@H]5CC[C@@H](C)C(O5)(O1)C(O4)C(=O)O[C@H]1C[C@@H](/C=C/C[C@@H](O)C2(C)C)O[C@@H]1C)O[C@@H]3C. The van der Waals surface area contributed by atoms with E-state index in [0.29, 0.717) is 51.4 Å². The van der Waals surface area contributed by atoms with Gasteiger partial charge in [0.25, 0.3) is 0 Å². The molecule has 0 aromatic rings. The van der Waals surface area contributed by atoms with E-state index in [-0.39, 0.29) is 12.2 Å². The van der Waals surface area contributed by atoms with Gasteiger partial charge in [-0.25, -0.2) is 9.59 Å². The topological polar surface area (TPSA) is 167 Å². The van der Waals surface area contributed by atoms with Gasteiger partial charge in [-0.05, 0) is 52.4 Å². The smallest absolute Gasteiger partial charge is 0.504 e. The lowest BCUT2D eigenvalue weighted by molar-refractivity contribution is -0.310. The normalized spacial score (nSPS) is 53.3. The first-order valence-corrected chi connectivity index (χ1v) is 20.5. The summed E-state index contributed by atoms with van der Waals surface area (Å²) in [5.74, 6) is -6.02. The van der Waals surface area contributed by atoms with Gasteiger partial charge < -0.3 is 57.3 Å². The van der Waals surface area contributed by atoms with E-state index in [1.807, 2.05) is 79.7 Å². The van der Waals surface area contributed by atoms with Crippen molar-refractivity contribution in [1.82, 2.24) is 0 Å². The van der Waals surface area contributed by atoms with E-state index < -0.39 is 114 Å². The Balaban J connectivity index is 1.27. The van der Waals surface area contributed by atoms with E-state index in [1.165, 1.54) is 0 Å². The fraction of sp³-hybridized carbons (Fsp3) is 0.850. The van der Waals surface area contributed by atoms with Gasteiger partial charge in [-0.15, -0.1) is 0 Å². The summed E-state index contributed by atoms with van der Waals surface area (Å²) in [7, 11) is 0. The first kappa shape index (κ1) is 39.9. The molecule has 7 unspecified atom stereocenters. The number of carbonyl (C=O) groups excluding carboxylic acids is 2. The molecule has 8 aliphatic rings. The van der Waals surface area contributed by atoms with Crippen molar-refractivity contribution in [2.24, 2.45) is 22.7 Å². The van der Waals surface area contributed by atoms with Crippen LogP contribution in [0.15, 0.2) is 24.3 Å². The molecule has 11 bridgehead atoms. The first-order chi connectivity index (χ1) is 25.9. The lowest BCUT2D eigenvalue weighted by atomic mass is 9.73. The average molecular weight is 776 g/mol. The molecule has 0 saturated carbocycles. The molecule has 0 aliphatic carbocycles. The molecule has 17 atom stereocenters. The van der Waals surface area contributed by atoms with Crippen molar-refractivity contribution in [2.45, 2.75) is 192 Å². The summed E-state index contributed by atoms with van der Waals surface area (Å²) in [4.78, 5) is 29.2. The van der Waals surface area contributed by atoms with Crippen molar-refractivity contribution in [2.75, 3.05) is 0 Å². The molecule has 8 rings (SSSR count). The molecule has 2 N–H and O–H groups in total. The molecule has 6 fully saturated rings. The molecule has 3 spiro atoms. The van der Waals surface area contributed by atoms with Gasteiger partial charge in [-0.1, -0.05) is 65.8 Å². The third kappa shape index (κ3) is 6.66. The quantitative estimate of drug-likeness (QED) is 0.205. The highest BCUT2D eigenvalue weighted by Gasteiger charge is 2.73. The molecule has 0 aromatic heterocycles. The van der Waals surface area contributed by atoms with Gasteiger partial charge in [-0.3, -0.25) is 0 Å². The van der Waals surface area contributed by atoms with Crippen molar-refractivity contribution in [3.05, 3.63) is 24.3 Å². The Morgan fingerprint density at radius 2 is 1.04 bits per heavy atom. The Kier molecular flexibility index (Phi) is 10.2. The van der Waals surface area contributed by atoms with E-state index in [9.17, 15) is 19.8 Å². The molecule has 308 valence electrons. The van der Waals surface area contributed by atoms with Crippen LogP contribution in [0.25, 0.3) is 0 Å². The van der Waals surface area contributed by atoms with Crippen LogP contribution in [-0.4, -0.2) is 114 Å². The third-order valence-corrected chi connectivity index (χ3v) is 14.3. The summed E-state index contributed by atoms with van der Waals surface area (Å²) in [5, 5.41) is 23.3. The second-order valence-electron chi connectivity index (χ2n) is 18.6. The van der Waals surface area contributed by atoms with Crippen LogP contribution in [0.5, 0.6) is 0 Å². The second kappa shape index (κ2) is 14.1. The van der Waals surface area contributed by atoms with Crippen LogP contribution in [0.1, 0.15) is 107 Å². The minimum Gasteiger partial charge on any atom is -0.504 e. The number of aliphatic hydroxyl groups is 2. The molecular formula is C40H60BO14-. The Morgan fingerprint density at radius 1 is 0.636 bits per heavy atom. The average Bonchev–Trinajstić information content (AvgIpc) is 3.84. The third-order valence-electron chi connectivity index (χ3n) is 14.3. The Hall–Kier alpha value is -1.92. The fourth-order valence-corrected chi connectivity index (χ4v) is 10.1. The molecule has 8 heterocycles. The molecule has 0 aromatic carbocycles. The van der Waals surface area contributed by atoms with Crippen LogP contribution in [0, 0.1) is 22.7 Å². The minimum absolute atomic E-state index is 0.318. The Bertz CT molecular complexity index is 1440. The first-order valence-electron chi connectivity index (χ1n) is 20.5. The van der Waals surface area contributed by atoms with Gasteiger partial charge in [0.2, 0.25) is 0 Å². The standard InChI is InChI=1S/C40H60BO14/c1-21-15-17-31-37(5,6)29(42)13-9-11-26-20-28(24(4)47-26)49-36(45)34-40-22(2)16-18-32(51-40)38(7,8)30(43)14-10-12-25-19-27(23(3)46-25)48-35(44)33-39(21,50-31)54-41(52-33,53-34)55-40/h9-12,21-34,42-43H,13-20H2,1-8H3/q-1/b11-9+,12-10+/t21-,22-,23-,24-,25-,26?,27+,28?,29-,30-,31+,32+,33?,34?,39?,40?,41?/m1/s1. The number of fused-ring (bicyclic) bond motifs is 8. The van der Waals surface area contributed by atoms with Crippen molar-refractivity contribution in [3.63, 3.8) is 0 Å². The molecule has 6 saturated heterocycles. The highest BCUT2D eigenvalue weighted by atomic mass is 17.0. The maximum atomic E-state index is 14.6. The van der Waals surface area contributed by atoms with Crippen molar-refractivity contribution in [1.29, 1.82) is 0 Å². The van der Waals surface area contributed by atoms with Crippen LogP contribution in [0.2, 0.25) is 0 Å². The molecule has 0 amide bonds. The number of hydrogen-bond donors (Lipinski definition) is 2. The minimum atomic E-state index is -3.42. The highest BCUT2D eigenvalue weighted by Crippen LogP contribution is 2.57. The van der Waals surface area contributed by atoms with E-state index >= 15 is 0 Å². The fourth-order valence-electron chi connectivity index (χ4n) is 10.1. The summed E-state index contributed by atoms with van der Waals surface area (Å²) in [6.07, 6.45) is 2.49. The van der Waals surface area contributed by atoms with Crippen molar-refractivity contribution >= 4 is 18.9 Å².